The lowest BCUT2D eigenvalue weighted by atomic mass is 9.98. The normalized spacial score (nSPS) is 11.8. The topological polar surface area (TPSA) is 21.4 Å². The van der Waals surface area contributed by atoms with Crippen LogP contribution in [0.2, 0.25) is 19.6 Å². The monoisotopic (exact) mass is 447 g/mol. The second-order valence-corrected chi connectivity index (χ2v) is 14.8. The average Bonchev–Trinajstić information content (AvgIpc) is 3.17. The molecule has 0 fully saturated rings. The summed E-state index contributed by atoms with van der Waals surface area (Å²) in [5.74, 6) is 0. The van der Waals surface area contributed by atoms with Crippen LogP contribution in [0.5, 0.6) is 0 Å². The summed E-state index contributed by atoms with van der Waals surface area (Å²) in [5, 5.41) is 3.52. The minimum Gasteiger partial charge on any atom is -0.456 e. The molecule has 0 saturated heterocycles. The molecule has 0 unspecified atom stereocenters. The van der Waals surface area contributed by atoms with Crippen LogP contribution >= 0.6 is 0 Å². The largest absolute Gasteiger partial charge is 0.456 e. The number of furan rings is 1. The van der Waals surface area contributed by atoms with E-state index in [9.17, 15) is 0 Å². The van der Waals surface area contributed by atoms with E-state index in [0.29, 0.717) is 5.69 Å². The lowest BCUT2D eigenvalue weighted by molar-refractivity contribution is -0.660. The van der Waals surface area contributed by atoms with Crippen molar-refractivity contribution in [3.05, 3.63) is 89.9 Å². The van der Waals surface area contributed by atoms with Crippen LogP contribution in [-0.2, 0) is 7.05 Å². The molecular formula is C29H27N2OSi+. The Labute approximate surface area is 195 Å². The highest BCUT2D eigenvalue weighted by molar-refractivity contribution is 6.88. The van der Waals surface area contributed by atoms with E-state index in [1.807, 2.05) is 18.2 Å². The highest BCUT2D eigenvalue weighted by atomic mass is 28.3. The Morgan fingerprint density at radius 3 is 2.12 bits per heavy atom. The number of aryl methyl sites for hydroxylation is 2. The van der Waals surface area contributed by atoms with Gasteiger partial charge in [0.1, 0.15) is 18.2 Å². The van der Waals surface area contributed by atoms with Gasteiger partial charge in [0.2, 0.25) is 5.69 Å². The zero-order valence-electron chi connectivity index (χ0n) is 19.7. The van der Waals surface area contributed by atoms with Crippen molar-refractivity contribution in [3.63, 3.8) is 0 Å². The van der Waals surface area contributed by atoms with E-state index in [0.717, 1.165) is 49.9 Å². The molecule has 0 spiro atoms. The fourth-order valence-corrected chi connectivity index (χ4v) is 5.77. The van der Waals surface area contributed by atoms with Crippen molar-refractivity contribution >= 4 is 40.9 Å². The molecular weight excluding hydrogens is 420 g/mol. The lowest BCUT2D eigenvalue weighted by Crippen LogP contribution is -2.37. The standard InChI is InChI=1S/C29H27N2OSi/c1-19-10-15-22-23-16-17-24(30-2)27(20-11-13-21(14-12-20)33(4,5)6)29(23)32-28(22)26(19)25-9-7-8-18-31(25)3/h7-18H,1,3-6H3/q+1. The fourth-order valence-electron chi connectivity index (χ4n) is 4.60. The number of rotatable bonds is 3. The molecule has 0 bridgehead atoms. The van der Waals surface area contributed by atoms with E-state index in [2.05, 4.69) is 97.8 Å². The maximum Gasteiger partial charge on any atom is 0.216 e. The minimum absolute atomic E-state index is 0.617. The molecule has 33 heavy (non-hydrogen) atoms. The third-order valence-corrected chi connectivity index (χ3v) is 8.53. The van der Waals surface area contributed by atoms with Crippen LogP contribution in [-0.4, -0.2) is 8.07 Å². The van der Waals surface area contributed by atoms with Crippen LogP contribution < -0.4 is 9.75 Å². The number of benzene rings is 3. The molecule has 0 atom stereocenters. The summed E-state index contributed by atoms with van der Waals surface area (Å²) < 4.78 is 8.77. The zero-order chi connectivity index (χ0) is 23.3. The van der Waals surface area contributed by atoms with E-state index in [1.54, 1.807) is 0 Å². The Bertz CT molecular complexity index is 1560. The highest BCUT2D eigenvalue weighted by Gasteiger charge is 2.23. The van der Waals surface area contributed by atoms with Crippen molar-refractivity contribution < 1.29 is 8.98 Å². The van der Waals surface area contributed by atoms with Gasteiger partial charge in [0, 0.05) is 28.5 Å². The first kappa shape index (κ1) is 21.2. The number of fused-ring (bicyclic) bond motifs is 3. The molecule has 0 N–H and O–H groups in total. The molecule has 0 amide bonds. The van der Waals surface area contributed by atoms with E-state index in [1.165, 1.54) is 5.19 Å². The molecule has 0 aliphatic carbocycles. The van der Waals surface area contributed by atoms with Crippen LogP contribution in [0.1, 0.15) is 5.56 Å². The van der Waals surface area contributed by atoms with E-state index < -0.39 is 8.07 Å². The summed E-state index contributed by atoms with van der Waals surface area (Å²) in [6.07, 6.45) is 2.05. The summed E-state index contributed by atoms with van der Waals surface area (Å²) in [4.78, 5) is 3.85. The van der Waals surface area contributed by atoms with E-state index in [4.69, 9.17) is 11.0 Å². The number of aromatic nitrogens is 1. The van der Waals surface area contributed by atoms with Gasteiger partial charge in [-0.05, 0) is 24.1 Å². The van der Waals surface area contributed by atoms with Gasteiger partial charge < -0.3 is 4.42 Å². The molecule has 0 saturated carbocycles. The van der Waals surface area contributed by atoms with Crippen molar-refractivity contribution in [2.24, 2.45) is 7.05 Å². The molecule has 3 nitrogen and oxygen atoms in total. The zero-order valence-corrected chi connectivity index (χ0v) is 20.7. The van der Waals surface area contributed by atoms with Gasteiger partial charge in [-0.25, -0.2) is 9.41 Å². The quantitative estimate of drug-likeness (QED) is 0.163. The van der Waals surface area contributed by atoms with E-state index >= 15 is 0 Å². The Hall–Kier alpha value is -3.68. The maximum atomic E-state index is 7.81. The van der Waals surface area contributed by atoms with Crippen LogP contribution in [0, 0.1) is 13.5 Å². The number of nitrogens with zero attached hydrogens (tertiary/aromatic N) is 2. The SMILES string of the molecule is [C-]#[N+]c1ccc2c(oc3c(-c4cccc[n+]4C)c(C)ccc32)c1-c1ccc([Si](C)(C)C)cc1. The highest BCUT2D eigenvalue weighted by Crippen LogP contribution is 2.44. The molecule has 0 aliphatic heterocycles. The van der Waals surface area contributed by atoms with Gasteiger partial charge in [-0.15, -0.1) is 0 Å². The first-order chi connectivity index (χ1) is 15.8. The Balaban J connectivity index is 1.84. The number of pyridine rings is 1. The predicted octanol–water partition coefficient (Wildman–Crippen LogP) is 7.15. The van der Waals surface area contributed by atoms with Crippen molar-refractivity contribution in [2.75, 3.05) is 0 Å². The molecule has 2 aromatic heterocycles. The lowest BCUT2D eigenvalue weighted by Gasteiger charge is -2.17. The fraction of sp³-hybridized carbons (Fsp3) is 0.172. The number of hydrogen-bond donors (Lipinski definition) is 0. The van der Waals surface area contributed by atoms with Gasteiger partial charge in [0.25, 0.3) is 0 Å². The molecule has 5 rings (SSSR count). The van der Waals surface area contributed by atoms with Gasteiger partial charge in [0.05, 0.1) is 20.2 Å². The van der Waals surface area contributed by atoms with E-state index in [-0.39, 0.29) is 0 Å². The smallest absolute Gasteiger partial charge is 0.216 e. The average molecular weight is 448 g/mol. The third kappa shape index (κ3) is 3.46. The molecule has 162 valence electrons. The molecule has 0 radical (unpaired) electrons. The van der Waals surface area contributed by atoms with Gasteiger partial charge >= 0.3 is 0 Å². The summed E-state index contributed by atoms with van der Waals surface area (Å²) in [7, 11) is 0.652. The van der Waals surface area contributed by atoms with Gasteiger partial charge in [0.15, 0.2) is 11.9 Å². The van der Waals surface area contributed by atoms with Crippen molar-refractivity contribution in [1.29, 1.82) is 0 Å². The van der Waals surface area contributed by atoms with Crippen molar-refractivity contribution in [3.8, 4) is 22.4 Å². The predicted molar refractivity (Wildman–Crippen MR) is 140 cm³/mol. The Morgan fingerprint density at radius 1 is 0.818 bits per heavy atom. The van der Waals surface area contributed by atoms with Crippen LogP contribution in [0.15, 0.2) is 77.3 Å². The summed E-state index contributed by atoms with van der Waals surface area (Å²) >= 11 is 0. The molecule has 2 heterocycles. The molecule has 5 aromatic rings. The summed E-state index contributed by atoms with van der Waals surface area (Å²) in [6, 6.07) is 23.2. The second kappa shape index (κ2) is 7.72. The first-order valence-electron chi connectivity index (χ1n) is 11.2. The minimum atomic E-state index is -1.40. The first-order valence-corrected chi connectivity index (χ1v) is 14.7. The summed E-state index contributed by atoms with van der Waals surface area (Å²) in [6.45, 7) is 17.0. The molecule has 4 heteroatoms. The molecule has 0 aliphatic rings. The maximum absolute atomic E-state index is 7.81. The van der Waals surface area contributed by atoms with Gasteiger partial charge in [-0.2, -0.15) is 0 Å². The van der Waals surface area contributed by atoms with Crippen molar-refractivity contribution in [1.82, 2.24) is 0 Å². The Kier molecular flexibility index (Phi) is 4.95. The Morgan fingerprint density at radius 2 is 1.48 bits per heavy atom. The number of hydrogen-bond acceptors (Lipinski definition) is 1. The summed E-state index contributed by atoms with van der Waals surface area (Å²) in [5.41, 5.74) is 7.53. The third-order valence-electron chi connectivity index (χ3n) is 6.47. The van der Waals surface area contributed by atoms with Gasteiger partial charge in [-0.1, -0.05) is 73.4 Å². The van der Waals surface area contributed by atoms with Gasteiger partial charge in [-0.3, -0.25) is 0 Å². The van der Waals surface area contributed by atoms with Crippen LogP contribution in [0.4, 0.5) is 5.69 Å². The van der Waals surface area contributed by atoms with Crippen LogP contribution in [0.25, 0.3) is 49.2 Å². The van der Waals surface area contributed by atoms with Crippen molar-refractivity contribution in [2.45, 2.75) is 26.6 Å². The molecule has 3 aromatic carbocycles. The second-order valence-electron chi connectivity index (χ2n) is 9.71. The van der Waals surface area contributed by atoms with Crippen LogP contribution in [0.3, 0.4) is 0 Å².